The number of nitrogens with one attached hydrogen (secondary N) is 2. The van der Waals surface area contributed by atoms with Gasteiger partial charge in [-0.2, -0.15) is 0 Å². The monoisotopic (exact) mass is 323 g/mol. The van der Waals surface area contributed by atoms with Crippen LogP contribution < -0.4 is 10.6 Å². The Labute approximate surface area is 142 Å². The molecule has 0 aromatic rings. The van der Waals surface area contributed by atoms with Crippen LogP contribution in [0.2, 0.25) is 0 Å². The van der Waals surface area contributed by atoms with Crippen molar-refractivity contribution in [3.8, 4) is 0 Å². The lowest BCUT2D eigenvalue weighted by Gasteiger charge is -2.34. The van der Waals surface area contributed by atoms with Crippen LogP contribution in [-0.2, 0) is 0 Å². The second-order valence-electron chi connectivity index (χ2n) is 7.34. The van der Waals surface area contributed by atoms with Crippen molar-refractivity contribution in [3.63, 3.8) is 0 Å². The van der Waals surface area contributed by atoms with Crippen LogP contribution in [0.3, 0.4) is 0 Å². The van der Waals surface area contributed by atoms with Gasteiger partial charge in [0.15, 0.2) is 5.96 Å². The predicted molar refractivity (Wildman–Crippen MR) is 99.1 cm³/mol. The molecular weight excluding hydrogens is 286 g/mol. The Morgan fingerprint density at radius 3 is 2.61 bits per heavy atom. The summed E-state index contributed by atoms with van der Waals surface area (Å²) in [5, 5.41) is 7.18. The highest BCUT2D eigenvalue weighted by atomic mass is 15.2. The largest absolute Gasteiger partial charge is 0.356 e. The van der Waals surface area contributed by atoms with Crippen LogP contribution in [0.5, 0.6) is 0 Å². The van der Waals surface area contributed by atoms with E-state index in [4.69, 9.17) is 0 Å². The minimum Gasteiger partial charge on any atom is -0.356 e. The Morgan fingerprint density at radius 1 is 1.17 bits per heavy atom. The Morgan fingerprint density at radius 2 is 1.96 bits per heavy atom. The van der Waals surface area contributed by atoms with Gasteiger partial charge >= 0.3 is 0 Å². The fourth-order valence-corrected chi connectivity index (χ4v) is 3.75. The van der Waals surface area contributed by atoms with Gasteiger partial charge < -0.3 is 20.4 Å². The first-order valence-corrected chi connectivity index (χ1v) is 9.59. The van der Waals surface area contributed by atoms with Crippen molar-refractivity contribution in [3.05, 3.63) is 0 Å². The molecule has 2 rings (SSSR count). The molecule has 0 bridgehead atoms. The van der Waals surface area contributed by atoms with Gasteiger partial charge in [-0.3, -0.25) is 4.99 Å². The van der Waals surface area contributed by atoms with Gasteiger partial charge in [0, 0.05) is 39.3 Å². The number of piperidine rings is 2. The topological polar surface area (TPSA) is 42.9 Å². The number of guanidine groups is 1. The maximum atomic E-state index is 4.42. The molecule has 0 radical (unpaired) electrons. The smallest absolute Gasteiger partial charge is 0.191 e. The van der Waals surface area contributed by atoms with Gasteiger partial charge in [0.25, 0.3) is 0 Å². The normalized spacial score (nSPS) is 25.5. The van der Waals surface area contributed by atoms with Crippen LogP contribution in [0.15, 0.2) is 4.99 Å². The van der Waals surface area contributed by atoms with Gasteiger partial charge in [-0.05, 0) is 58.2 Å². The van der Waals surface area contributed by atoms with Crippen molar-refractivity contribution in [2.24, 2.45) is 10.9 Å². The maximum absolute atomic E-state index is 4.42. The first kappa shape index (κ1) is 18.5. The number of aliphatic imine (C=N–C) groups is 1. The van der Waals surface area contributed by atoms with Crippen molar-refractivity contribution < 1.29 is 0 Å². The molecule has 1 unspecified atom stereocenters. The molecule has 2 N–H and O–H groups in total. The quantitative estimate of drug-likeness (QED) is 0.577. The predicted octanol–water partition coefficient (Wildman–Crippen LogP) is 1.76. The lowest BCUT2D eigenvalue weighted by molar-refractivity contribution is 0.201. The van der Waals surface area contributed by atoms with Crippen LogP contribution >= 0.6 is 0 Å². The van der Waals surface area contributed by atoms with Crippen molar-refractivity contribution in [1.29, 1.82) is 0 Å². The number of nitrogens with zero attached hydrogens (tertiary/aromatic N) is 3. The molecule has 134 valence electrons. The Balaban J connectivity index is 1.65. The van der Waals surface area contributed by atoms with E-state index >= 15 is 0 Å². The fourth-order valence-electron chi connectivity index (χ4n) is 3.75. The van der Waals surface area contributed by atoms with Crippen molar-refractivity contribution in [2.75, 3.05) is 53.4 Å². The third-order valence-electron chi connectivity index (χ3n) is 5.26. The second kappa shape index (κ2) is 10.1. The van der Waals surface area contributed by atoms with Gasteiger partial charge in [0.05, 0.1) is 0 Å². The Kier molecular flexibility index (Phi) is 8.17. The highest BCUT2D eigenvalue weighted by Gasteiger charge is 2.21. The third-order valence-corrected chi connectivity index (χ3v) is 5.26. The van der Waals surface area contributed by atoms with Crippen LogP contribution in [0.1, 0.15) is 45.4 Å². The Hall–Kier alpha value is -0.810. The molecule has 5 nitrogen and oxygen atoms in total. The summed E-state index contributed by atoms with van der Waals surface area (Å²) in [7, 11) is 4.12. The van der Waals surface area contributed by atoms with Gasteiger partial charge in [0.1, 0.15) is 0 Å². The standard InChI is InChI=1S/C18H37N5/c1-4-5-11-23-12-8-17(9-13-23)21-18(19-2)20-14-16-7-6-10-22(3)15-16/h16-17H,4-15H2,1-3H3,(H2,19,20,21). The third kappa shape index (κ3) is 6.68. The lowest BCUT2D eigenvalue weighted by Crippen LogP contribution is -2.50. The first-order valence-electron chi connectivity index (χ1n) is 9.59. The lowest BCUT2D eigenvalue weighted by atomic mass is 9.98. The first-order chi connectivity index (χ1) is 11.2. The van der Waals surface area contributed by atoms with Gasteiger partial charge in [0.2, 0.25) is 0 Å². The zero-order valence-electron chi connectivity index (χ0n) is 15.5. The minimum atomic E-state index is 0.577. The van der Waals surface area contributed by atoms with E-state index in [9.17, 15) is 0 Å². The number of hydrogen-bond donors (Lipinski definition) is 2. The molecule has 2 aliphatic rings. The summed E-state index contributed by atoms with van der Waals surface area (Å²) >= 11 is 0. The molecule has 2 heterocycles. The van der Waals surface area contributed by atoms with Crippen LogP contribution in [0.25, 0.3) is 0 Å². The second-order valence-corrected chi connectivity index (χ2v) is 7.34. The van der Waals surface area contributed by atoms with E-state index in [0.29, 0.717) is 6.04 Å². The summed E-state index contributed by atoms with van der Waals surface area (Å²) in [6.07, 6.45) is 7.75. The molecule has 0 amide bonds. The average molecular weight is 324 g/mol. The van der Waals surface area contributed by atoms with E-state index in [-0.39, 0.29) is 0 Å². The van der Waals surface area contributed by atoms with Crippen molar-refractivity contribution in [2.45, 2.75) is 51.5 Å². The zero-order chi connectivity index (χ0) is 16.5. The van der Waals surface area contributed by atoms with Gasteiger partial charge in [-0.15, -0.1) is 0 Å². The van der Waals surface area contributed by atoms with E-state index in [1.54, 1.807) is 0 Å². The molecule has 2 saturated heterocycles. The molecular formula is C18H37N5. The molecule has 0 aromatic heterocycles. The number of hydrogen-bond acceptors (Lipinski definition) is 3. The summed E-state index contributed by atoms with van der Waals surface area (Å²) in [5.41, 5.74) is 0. The summed E-state index contributed by atoms with van der Waals surface area (Å²) in [4.78, 5) is 9.47. The molecule has 23 heavy (non-hydrogen) atoms. The highest BCUT2D eigenvalue weighted by molar-refractivity contribution is 5.79. The molecule has 2 aliphatic heterocycles. The summed E-state index contributed by atoms with van der Waals surface area (Å²) in [6, 6.07) is 0.577. The molecule has 5 heteroatoms. The molecule has 0 aromatic carbocycles. The fraction of sp³-hybridized carbons (Fsp3) is 0.944. The van der Waals surface area contributed by atoms with E-state index in [1.807, 2.05) is 7.05 Å². The SMILES string of the molecule is CCCCN1CCC(NC(=NC)NCC2CCCN(C)C2)CC1. The molecule has 0 aliphatic carbocycles. The van der Waals surface area contributed by atoms with E-state index < -0.39 is 0 Å². The molecule has 2 fully saturated rings. The maximum Gasteiger partial charge on any atom is 0.191 e. The van der Waals surface area contributed by atoms with Crippen LogP contribution in [-0.4, -0.2) is 75.2 Å². The van der Waals surface area contributed by atoms with Crippen molar-refractivity contribution >= 4 is 5.96 Å². The highest BCUT2D eigenvalue weighted by Crippen LogP contribution is 2.14. The summed E-state index contributed by atoms with van der Waals surface area (Å²) in [6.45, 7) is 9.49. The van der Waals surface area contributed by atoms with Crippen molar-refractivity contribution in [1.82, 2.24) is 20.4 Å². The molecule has 0 saturated carbocycles. The number of likely N-dealkylation sites (tertiary alicyclic amines) is 2. The average Bonchev–Trinajstić information content (AvgIpc) is 2.58. The Bertz CT molecular complexity index is 349. The van der Waals surface area contributed by atoms with E-state index in [1.165, 1.54) is 71.2 Å². The minimum absolute atomic E-state index is 0.577. The zero-order valence-corrected chi connectivity index (χ0v) is 15.5. The number of rotatable bonds is 6. The summed E-state index contributed by atoms with van der Waals surface area (Å²) in [5.74, 6) is 1.74. The molecule has 0 spiro atoms. The van der Waals surface area contributed by atoms with E-state index in [2.05, 4.69) is 39.4 Å². The van der Waals surface area contributed by atoms with E-state index in [0.717, 1.165) is 18.4 Å². The van der Waals surface area contributed by atoms with Gasteiger partial charge in [-0.1, -0.05) is 13.3 Å². The van der Waals surface area contributed by atoms with Gasteiger partial charge in [-0.25, -0.2) is 0 Å². The number of unbranched alkanes of at least 4 members (excludes halogenated alkanes) is 1. The van der Waals surface area contributed by atoms with Crippen LogP contribution in [0, 0.1) is 5.92 Å². The molecule has 1 atom stereocenters. The van der Waals surface area contributed by atoms with Crippen LogP contribution in [0.4, 0.5) is 0 Å². The summed E-state index contributed by atoms with van der Waals surface area (Å²) < 4.78 is 0.